The van der Waals surface area contributed by atoms with Crippen LogP contribution in [0.1, 0.15) is 25.0 Å². The molecule has 1 fully saturated rings. The maximum absolute atomic E-state index is 9.62. The molecular formula is C14H18O3. The van der Waals surface area contributed by atoms with E-state index in [1.807, 2.05) is 13.8 Å². The molecule has 3 atom stereocenters. The Morgan fingerprint density at radius 3 is 2.94 bits per heavy atom. The van der Waals surface area contributed by atoms with Crippen LogP contribution in [0, 0.1) is 18.8 Å². The summed E-state index contributed by atoms with van der Waals surface area (Å²) in [6, 6.07) is 3.49. The lowest BCUT2D eigenvalue weighted by Gasteiger charge is -2.38. The maximum atomic E-state index is 9.62. The smallest absolute Gasteiger partial charge is 0.211 e. The topological polar surface area (TPSA) is 38.7 Å². The predicted octanol–water partition coefficient (Wildman–Crippen LogP) is 2.63. The number of phenolic OH excluding ortho intramolecular Hbond substituents is 1. The fourth-order valence-corrected chi connectivity index (χ4v) is 3.09. The molecule has 1 saturated heterocycles. The minimum absolute atomic E-state index is 0.259. The molecule has 0 radical (unpaired) electrons. The number of phenols is 1. The molecule has 17 heavy (non-hydrogen) atoms. The second-order valence-corrected chi connectivity index (χ2v) is 5.46. The molecule has 3 heteroatoms. The van der Waals surface area contributed by atoms with Gasteiger partial charge in [-0.2, -0.15) is 0 Å². The fraction of sp³-hybridized carbons (Fsp3) is 0.571. The third kappa shape index (κ3) is 1.53. The summed E-state index contributed by atoms with van der Waals surface area (Å²) in [5.41, 5.74) is 2.31. The Morgan fingerprint density at radius 1 is 1.41 bits per heavy atom. The van der Waals surface area contributed by atoms with Crippen LogP contribution >= 0.6 is 0 Å². The first-order valence-electron chi connectivity index (χ1n) is 6.15. The first-order valence-corrected chi connectivity index (χ1v) is 6.15. The second-order valence-electron chi connectivity index (χ2n) is 5.46. The van der Waals surface area contributed by atoms with Gasteiger partial charge in [0.1, 0.15) is 11.5 Å². The van der Waals surface area contributed by atoms with Crippen molar-refractivity contribution >= 4 is 0 Å². The van der Waals surface area contributed by atoms with Gasteiger partial charge < -0.3 is 14.6 Å². The average molecular weight is 234 g/mol. The normalized spacial score (nSPS) is 35.0. The van der Waals surface area contributed by atoms with Crippen LogP contribution in [0.4, 0.5) is 0 Å². The quantitative estimate of drug-likeness (QED) is 0.750. The van der Waals surface area contributed by atoms with Crippen molar-refractivity contribution < 1.29 is 14.6 Å². The van der Waals surface area contributed by atoms with E-state index in [9.17, 15) is 5.11 Å². The van der Waals surface area contributed by atoms with E-state index in [1.54, 1.807) is 12.1 Å². The summed E-state index contributed by atoms with van der Waals surface area (Å²) in [7, 11) is 0. The van der Waals surface area contributed by atoms with E-state index in [-0.39, 0.29) is 5.75 Å². The Hall–Kier alpha value is -1.22. The summed E-state index contributed by atoms with van der Waals surface area (Å²) in [5, 5.41) is 9.62. The predicted molar refractivity (Wildman–Crippen MR) is 64.2 cm³/mol. The van der Waals surface area contributed by atoms with Crippen molar-refractivity contribution in [2.45, 2.75) is 33.0 Å². The van der Waals surface area contributed by atoms with E-state index in [4.69, 9.17) is 9.47 Å². The van der Waals surface area contributed by atoms with E-state index in [0.29, 0.717) is 11.8 Å². The Balaban J connectivity index is 2.07. The summed E-state index contributed by atoms with van der Waals surface area (Å²) in [4.78, 5) is 0. The summed E-state index contributed by atoms with van der Waals surface area (Å²) in [6.45, 7) is 6.98. The summed E-state index contributed by atoms with van der Waals surface area (Å²) >= 11 is 0. The lowest BCUT2D eigenvalue weighted by Crippen LogP contribution is -2.43. The Labute approximate surface area is 101 Å². The van der Waals surface area contributed by atoms with Crippen LogP contribution in [0.15, 0.2) is 12.1 Å². The molecule has 2 aliphatic heterocycles. The van der Waals surface area contributed by atoms with Gasteiger partial charge in [-0.25, -0.2) is 0 Å². The van der Waals surface area contributed by atoms with Crippen LogP contribution in [0.3, 0.4) is 0 Å². The molecule has 0 unspecified atom stereocenters. The van der Waals surface area contributed by atoms with Gasteiger partial charge in [-0.3, -0.25) is 0 Å². The van der Waals surface area contributed by atoms with Gasteiger partial charge in [0.25, 0.3) is 0 Å². The molecule has 0 aromatic heterocycles. The van der Waals surface area contributed by atoms with Gasteiger partial charge >= 0.3 is 0 Å². The molecule has 0 saturated carbocycles. The van der Waals surface area contributed by atoms with Crippen molar-refractivity contribution in [3.05, 3.63) is 23.3 Å². The molecule has 1 N–H and O–H groups in total. The molecule has 3 rings (SSSR count). The Morgan fingerprint density at radius 2 is 2.18 bits per heavy atom. The van der Waals surface area contributed by atoms with Crippen molar-refractivity contribution in [3.8, 4) is 11.5 Å². The number of hydrogen-bond donors (Lipinski definition) is 1. The van der Waals surface area contributed by atoms with Crippen molar-refractivity contribution in [3.63, 3.8) is 0 Å². The molecule has 0 spiro atoms. The molecule has 0 bridgehead atoms. The lowest BCUT2D eigenvalue weighted by atomic mass is 9.81. The van der Waals surface area contributed by atoms with Gasteiger partial charge in [0.15, 0.2) is 0 Å². The number of fused-ring (bicyclic) bond motifs is 2. The van der Waals surface area contributed by atoms with E-state index in [2.05, 4.69) is 6.92 Å². The van der Waals surface area contributed by atoms with Gasteiger partial charge in [-0.05, 0) is 36.5 Å². The Bertz CT molecular complexity index is 469. The molecule has 0 amide bonds. The van der Waals surface area contributed by atoms with Gasteiger partial charge in [-0.15, -0.1) is 0 Å². The highest BCUT2D eigenvalue weighted by atomic mass is 16.7. The number of aromatic hydroxyl groups is 1. The zero-order valence-electron chi connectivity index (χ0n) is 10.5. The van der Waals surface area contributed by atoms with E-state index in [1.165, 1.54) is 5.56 Å². The van der Waals surface area contributed by atoms with E-state index < -0.39 is 5.79 Å². The zero-order valence-corrected chi connectivity index (χ0v) is 10.5. The van der Waals surface area contributed by atoms with E-state index >= 15 is 0 Å². The van der Waals surface area contributed by atoms with Gasteiger partial charge in [0, 0.05) is 18.9 Å². The molecule has 2 aliphatic rings. The fourth-order valence-electron chi connectivity index (χ4n) is 3.09. The van der Waals surface area contributed by atoms with Crippen molar-refractivity contribution in [1.82, 2.24) is 0 Å². The van der Waals surface area contributed by atoms with E-state index in [0.717, 1.165) is 24.3 Å². The van der Waals surface area contributed by atoms with Gasteiger partial charge in [0.05, 0.1) is 6.61 Å². The molecule has 0 aliphatic carbocycles. The van der Waals surface area contributed by atoms with Crippen LogP contribution in [0.25, 0.3) is 0 Å². The molecule has 1 aromatic rings. The van der Waals surface area contributed by atoms with Crippen molar-refractivity contribution in [2.75, 3.05) is 6.61 Å². The number of hydrogen-bond acceptors (Lipinski definition) is 3. The van der Waals surface area contributed by atoms with Crippen molar-refractivity contribution in [2.24, 2.45) is 11.8 Å². The third-order valence-electron chi connectivity index (χ3n) is 4.15. The second kappa shape index (κ2) is 3.39. The number of benzene rings is 1. The summed E-state index contributed by atoms with van der Waals surface area (Å²) < 4.78 is 11.8. The Kier molecular flexibility index (Phi) is 2.17. The highest BCUT2D eigenvalue weighted by Crippen LogP contribution is 2.47. The summed E-state index contributed by atoms with van der Waals surface area (Å²) in [5.74, 6) is 1.43. The molecule has 3 nitrogen and oxygen atoms in total. The van der Waals surface area contributed by atoms with Crippen LogP contribution in [0.2, 0.25) is 0 Å². The van der Waals surface area contributed by atoms with Gasteiger partial charge in [-0.1, -0.05) is 6.92 Å². The molecule has 2 heterocycles. The van der Waals surface area contributed by atoms with Crippen molar-refractivity contribution in [1.29, 1.82) is 0 Å². The maximum Gasteiger partial charge on any atom is 0.211 e. The minimum Gasteiger partial charge on any atom is -0.508 e. The number of ether oxygens (including phenoxy) is 2. The number of aryl methyl sites for hydroxylation is 1. The highest BCUT2D eigenvalue weighted by Gasteiger charge is 2.50. The SMILES string of the molecule is Cc1cc(O)cc2c1C[C@@H]1[C@H](C)CO[C@]1(C)O2. The molecule has 1 aromatic carbocycles. The van der Waals surface area contributed by atoms with Crippen LogP contribution in [-0.2, 0) is 11.2 Å². The molecule has 92 valence electrons. The molecular weight excluding hydrogens is 216 g/mol. The third-order valence-corrected chi connectivity index (χ3v) is 4.15. The average Bonchev–Trinajstić information content (AvgIpc) is 2.52. The van der Waals surface area contributed by atoms with Crippen LogP contribution < -0.4 is 4.74 Å². The largest absolute Gasteiger partial charge is 0.508 e. The van der Waals surface area contributed by atoms with Gasteiger partial charge in [0.2, 0.25) is 5.79 Å². The lowest BCUT2D eigenvalue weighted by molar-refractivity contribution is -0.166. The first kappa shape index (κ1) is 10.9. The highest BCUT2D eigenvalue weighted by molar-refractivity contribution is 5.47. The van der Waals surface area contributed by atoms with Crippen LogP contribution in [0.5, 0.6) is 11.5 Å². The standard InChI is InChI=1S/C14H18O3/c1-8-4-10(15)5-13-11(8)6-12-9(2)7-16-14(12,3)17-13/h4-5,9,12,15H,6-7H2,1-3H3/t9-,12-,14-/m1/s1. The summed E-state index contributed by atoms with van der Waals surface area (Å²) in [6.07, 6.45) is 0.971. The monoisotopic (exact) mass is 234 g/mol. The van der Waals surface area contributed by atoms with Crippen LogP contribution in [-0.4, -0.2) is 17.5 Å². The first-order chi connectivity index (χ1) is 7.99. The minimum atomic E-state index is -0.521. The number of rotatable bonds is 0. The zero-order chi connectivity index (χ0) is 12.2.